The Morgan fingerprint density at radius 1 is 1.13 bits per heavy atom. The number of anilines is 1. The van der Waals surface area contributed by atoms with Crippen molar-refractivity contribution < 1.29 is 0 Å². The lowest BCUT2D eigenvalue weighted by molar-refractivity contribution is 0.0458. The number of piperidine rings is 3. The average Bonchev–Trinajstić information content (AvgIpc) is 2.59. The molecule has 0 spiro atoms. The van der Waals surface area contributed by atoms with Gasteiger partial charge in [-0.1, -0.05) is 23.8 Å². The molecule has 2 unspecified atom stereocenters. The number of aryl methyl sites for hydroxylation is 1. The van der Waals surface area contributed by atoms with Crippen LogP contribution in [0.25, 0.3) is 11.3 Å². The summed E-state index contributed by atoms with van der Waals surface area (Å²) < 4.78 is 0. The van der Waals surface area contributed by atoms with Crippen LogP contribution in [-0.4, -0.2) is 35.1 Å². The Bertz CT molecular complexity index is 670. The zero-order valence-electron chi connectivity index (χ0n) is 14.0. The van der Waals surface area contributed by atoms with Gasteiger partial charge in [0.15, 0.2) is 0 Å². The molecule has 0 aliphatic carbocycles. The Hall–Kier alpha value is -1.87. The van der Waals surface area contributed by atoms with Crippen molar-refractivity contribution in [3.05, 3.63) is 48.2 Å². The second-order valence-corrected chi connectivity index (χ2v) is 7.09. The zero-order valence-corrected chi connectivity index (χ0v) is 14.0. The molecular formula is C20H25N3. The van der Waals surface area contributed by atoms with Crippen LogP contribution in [0, 0.1) is 12.8 Å². The van der Waals surface area contributed by atoms with Gasteiger partial charge in [-0.25, -0.2) is 0 Å². The Morgan fingerprint density at radius 3 is 2.61 bits per heavy atom. The summed E-state index contributed by atoms with van der Waals surface area (Å²) in [6.07, 6.45) is 4.65. The van der Waals surface area contributed by atoms with Crippen molar-refractivity contribution in [2.24, 2.45) is 5.92 Å². The van der Waals surface area contributed by atoms with Crippen LogP contribution in [0.5, 0.6) is 0 Å². The van der Waals surface area contributed by atoms with Crippen LogP contribution in [0.3, 0.4) is 0 Å². The molecule has 23 heavy (non-hydrogen) atoms. The highest BCUT2D eigenvalue weighted by Gasteiger charge is 2.39. The molecule has 3 aliphatic heterocycles. The predicted octanol–water partition coefficient (Wildman–Crippen LogP) is 3.95. The maximum Gasteiger partial charge on any atom is 0.0703 e. The molecule has 3 saturated heterocycles. The van der Waals surface area contributed by atoms with Gasteiger partial charge in [0, 0.05) is 17.6 Å². The fourth-order valence-electron chi connectivity index (χ4n) is 4.19. The lowest BCUT2D eigenvalue weighted by Crippen LogP contribution is -2.59. The fourth-order valence-corrected chi connectivity index (χ4v) is 4.19. The van der Waals surface area contributed by atoms with Crippen molar-refractivity contribution in [1.29, 1.82) is 0 Å². The van der Waals surface area contributed by atoms with E-state index in [-0.39, 0.29) is 0 Å². The van der Waals surface area contributed by atoms with Crippen LogP contribution >= 0.6 is 0 Å². The maximum absolute atomic E-state index is 4.67. The van der Waals surface area contributed by atoms with Crippen LogP contribution in [0.2, 0.25) is 0 Å². The second-order valence-electron chi connectivity index (χ2n) is 7.09. The Labute approximate surface area is 138 Å². The highest BCUT2D eigenvalue weighted by atomic mass is 15.2. The molecule has 1 aromatic heterocycles. The number of hydrogen-bond donors (Lipinski definition) is 1. The maximum atomic E-state index is 4.67. The summed E-state index contributed by atoms with van der Waals surface area (Å²) in [5, 5.41) is 3.75. The number of nitrogens with zero attached hydrogens (tertiary/aromatic N) is 2. The van der Waals surface area contributed by atoms with E-state index in [2.05, 4.69) is 65.4 Å². The Balaban J connectivity index is 1.50. The second kappa shape index (κ2) is 5.97. The topological polar surface area (TPSA) is 28.2 Å². The lowest BCUT2D eigenvalue weighted by atomic mass is 9.79. The van der Waals surface area contributed by atoms with Gasteiger partial charge < -0.3 is 5.32 Å². The van der Waals surface area contributed by atoms with Gasteiger partial charge in [-0.15, -0.1) is 0 Å². The van der Waals surface area contributed by atoms with E-state index in [9.17, 15) is 0 Å². The molecule has 2 bridgehead atoms. The van der Waals surface area contributed by atoms with Crippen molar-refractivity contribution in [3.63, 3.8) is 0 Å². The minimum atomic E-state index is 0.559. The standard InChI is InChI=1S/C20H25N3/c1-14-4-3-5-17(12-14)19-7-6-18(13-21-19)22-20-15(2)23-10-8-16(20)9-11-23/h3-7,12-13,15-16,20,22H,8-11H2,1-2H3. The smallest absolute Gasteiger partial charge is 0.0703 e. The Kier molecular flexibility index (Phi) is 3.82. The molecule has 3 aliphatic rings. The first-order valence-electron chi connectivity index (χ1n) is 8.74. The van der Waals surface area contributed by atoms with Gasteiger partial charge in [0.05, 0.1) is 17.6 Å². The molecule has 3 fully saturated rings. The van der Waals surface area contributed by atoms with E-state index in [0.717, 1.165) is 17.3 Å². The van der Waals surface area contributed by atoms with Gasteiger partial charge in [-0.2, -0.15) is 0 Å². The molecule has 2 aromatic rings. The molecule has 1 aromatic carbocycles. The van der Waals surface area contributed by atoms with Crippen molar-refractivity contribution in [3.8, 4) is 11.3 Å². The average molecular weight is 307 g/mol. The summed E-state index contributed by atoms with van der Waals surface area (Å²) in [5.41, 5.74) is 4.65. The van der Waals surface area contributed by atoms with Crippen LogP contribution in [0.15, 0.2) is 42.6 Å². The van der Waals surface area contributed by atoms with Crippen molar-refractivity contribution >= 4 is 5.69 Å². The summed E-state index contributed by atoms with van der Waals surface area (Å²) in [6.45, 7) is 7.02. The highest BCUT2D eigenvalue weighted by Crippen LogP contribution is 2.34. The highest BCUT2D eigenvalue weighted by molar-refractivity contribution is 5.62. The molecule has 1 N–H and O–H groups in total. The van der Waals surface area contributed by atoms with E-state index in [4.69, 9.17) is 0 Å². The van der Waals surface area contributed by atoms with Gasteiger partial charge >= 0.3 is 0 Å². The normalized spacial score (nSPS) is 29.5. The minimum absolute atomic E-state index is 0.559. The number of nitrogens with one attached hydrogen (secondary N) is 1. The molecule has 3 nitrogen and oxygen atoms in total. The fraction of sp³-hybridized carbons (Fsp3) is 0.450. The van der Waals surface area contributed by atoms with Crippen molar-refractivity contribution in [2.75, 3.05) is 18.4 Å². The summed E-state index contributed by atoms with van der Waals surface area (Å²) in [5.74, 6) is 0.812. The number of pyridine rings is 1. The van der Waals surface area contributed by atoms with Gasteiger partial charge in [0.1, 0.15) is 0 Å². The van der Waals surface area contributed by atoms with Gasteiger partial charge in [0.25, 0.3) is 0 Å². The Morgan fingerprint density at radius 2 is 1.96 bits per heavy atom. The number of aromatic nitrogens is 1. The van der Waals surface area contributed by atoms with E-state index >= 15 is 0 Å². The van der Waals surface area contributed by atoms with Crippen LogP contribution in [0.1, 0.15) is 25.3 Å². The van der Waals surface area contributed by atoms with Gasteiger partial charge in [0.2, 0.25) is 0 Å². The zero-order chi connectivity index (χ0) is 15.8. The number of benzene rings is 1. The number of fused-ring (bicyclic) bond motifs is 3. The number of hydrogen-bond acceptors (Lipinski definition) is 3. The first-order chi connectivity index (χ1) is 11.2. The van der Waals surface area contributed by atoms with E-state index in [1.165, 1.54) is 37.1 Å². The summed E-state index contributed by atoms with van der Waals surface area (Å²) in [6, 6.07) is 14.0. The van der Waals surface area contributed by atoms with Crippen molar-refractivity contribution in [1.82, 2.24) is 9.88 Å². The molecule has 5 rings (SSSR count). The molecule has 0 amide bonds. The SMILES string of the molecule is Cc1cccc(-c2ccc(NC3C4CCN(CC4)C3C)cn2)c1. The van der Waals surface area contributed by atoms with Crippen LogP contribution < -0.4 is 5.32 Å². The third-order valence-electron chi connectivity index (χ3n) is 5.59. The predicted molar refractivity (Wildman–Crippen MR) is 95.6 cm³/mol. The van der Waals surface area contributed by atoms with Gasteiger partial charge in [-0.3, -0.25) is 9.88 Å². The monoisotopic (exact) mass is 307 g/mol. The van der Waals surface area contributed by atoms with E-state index in [0.29, 0.717) is 12.1 Å². The first-order valence-corrected chi connectivity index (χ1v) is 8.74. The minimum Gasteiger partial charge on any atom is -0.379 e. The largest absolute Gasteiger partial charge is 0.379 e. The quantitative estimate of drug-likeness (QED) is 0.930. The third-order valence-corrected chi connectivity index (χ3v) is 5.59. The molecular weight excluding hydrogens is 282 g/mol. The summed E-state index contributed by atoms with van der Waals surface area (Å²) in [4.78, 5) is 7.28. The molecule has 2 atom stereocenters. The third kappa shape index (κ3) is 2.86. The lowest BCUT2D eigenvalue weighted by Gasteiger charge is -2.50. The molecule has 120 valence electrons. The molecule has 4 heterocycles. The van der Waals surface area contributed by atoms with Crippen molar-refractivity contribution in [2.45, 2.75) is 38.8 Å². The summed E-state index contributed by atoms with van der Waals surface area (Å²) >= 11 is 0. The van der Waals surface area contributed by atoms with Crippen LogP contribution in [0.4, 0.5) is 5.69 Å². The van der Waals surface area contributed by atoms with E-state index < -0.39 is 0 Å². The van der Waals surface area contributed by atoms with E-state index in [1.54, 1.807) is 0 Å². The first kappa shape index (κ1) is 14.7. The molecule has 0 radical (unpaired) electrons. The molecule has 0 saturated carbocycles. The van der Waals surface area contributed by atoms with E-state index in [1.807, 2.05) is 6.20 Å². The summed E-state index contributed by atoms with van der Waals surface area (Å²) in [7, 11) is 0. The van der Waals surface area contributed by atoms with Crippen LogP contribution in [-0.2, 0) is 0 Å². The van der Waals surface area contributed by atoms with Gasteiger partial charge in [-0.05, 0) is 63.9 Å². The number of rotatable bonds is 3. The molecule has 3 heteroatoms.